The Labute approximate surface area is 193 Å². The number of morpholine rings is 2. The molecule has 0 aliphatic carbocycles. The van der Waals surface area contributed by atoms with Crippen LogP contribution in [0, 0.1) is 6.92 Å². The number of sulfonamides is 1. The molecule has 172 valence electrons. The summed E-state index contributed by atoms with van der Waals surface area (Å²) >= 11 is 6.20. The van der Waals surface area contributed by atoms with Crippen LogP contribution in [0.1, 0.15) is 15.9 Å². The van der Waals surface area contributed by atoms with E-state index in [4.69, 9.17) is 21.1 Å². The lowest BCUT2D eigenvalue weighted by molar-refractivity contribution is 0.0730. The summed E-state index contributed by atoms with van der Waals surface area (Å²) in [5.74, 6) is -0.393. The Bertz CT molecular complexity index is 1100. The van der Waals surface area contributed by atoms with Crippen LogP contribution in [-0.4, -0.2) is 71.2 Å². The Balaban J connectivity index is 1.72. The molecule has 0 spiro atoms. The van der Waals surface area contributed by atoms with E-state index in [0.717, 1.165) is 5.56 Å². The lowest BCUT2D eigenvalue weighted by atomic mass is 10.1. The van der Waals surface area contributed by atoms with Gasteiger partial charge in [0.05, 0.1) is 36.9 Å². The molecule has 10 heteroatoms. The van der Waals surface area contributed by atoms with E-state index in [2.05, 4.69) is 5.32 Å². The van der Waals surface area contributed by atoms with Gasteiger partial charge in [0, 0.05) is 42.6 Å². The maximum Gasteiger partial charge on any atom is 0.257 e. The van der Waals surface area contributed by atoms with Gasteiger partial charge in [-0.3, -0.25) is 4.79 Å². The third kappa shape index (κ3) is 4.77. The first kappa shape index (κ1) is 23.0. The first-order chi connectivity index (χ1) is 15.4. The van der Waals surface area contributed by atoms with E-state index in [1.54, 1.807) is 30.3 Å². The molecule has 0 aromatic heterocycles. The molecule has 0 saturated carbocycles. The van der Waals surface area contributed by atoms with Gasteiger partial charge in [0.1, 0.15) is 0 Å². The highest BCUT2D eigenvalue weighted by molar-refractivity contribution is 7.89. The number of nitrogens with zero attached hydrogens (tertiary/aromatic N) is 2. The quantitative estimate of drug-likeness (QED) is 0.709. The van der Waals surface area contributed by atoms with Crippen LogP contribution in [-0.2, 0) is 19.5 Å². The van der Waals surface area contributed by atoms with Crippen molar-refractivity contribution in [3.05, 3.63) is 52.5 Å². The fraction of sp³-hybridized carbons (Fsp3) is 0.409. The van der Waals surface area contributed by atoms with Crippen molar-refractivity contribution in [3.8, 4) is 0 Å². The summed E-state index contributed by atoms with van der Waals surface area (Å²) in [6.07, 6.45) is 0. The van der Waals surface area contributed by atoms with Gasteiger partial charge in [-0.15, -0.1) is 0 Å². The van der Waals surface area contributed by atoms with E-state index < -0.39 is 15.9 Å². The van der Waals surface area contributed by atoms with Gasteiger partial charge in [0.25, 0.3) is 5.91 Å². The van der Waals surface area contributed by atoms with Crippen molar-refractivity contribution in [3.63, 3.8) is 0 Å². The molecule has 0 unspecified atom stereocenters. The van der Waals surface area contributed by atoms with Crippen molar-refractivity contribution in [2.75, 3.05) is 62.8 Å². The zero-order chi connectivity index (χ0) is 22.7. The lowest BCUT2D eigenvalue weighted by Gasteiger charge is -2.31. The molecule has 32 heavy (non-hydrogen) atoms. The van der Waals surface area contributed by atoms with Gasteiger partial charge in [-0.05, 0) is 42.8 Å². The lowest BCUT2D eigenvalue weighted by Crippen LogP contribution is -2.41. The average molecular weight is 480 g/mol. The van der Waals surface area contributed by atoms with Gasteiger partial charge < -0.3 is 19.7 Å². The Hall–Kier alpha value is -2.17. The fourth-order valence-corrected chi connectivity index (χ4v) is 5.42. The smallest absolute Gasteiger partial charge is 0.257 e. The molecule has 0 atom stereocenters. The third-order valence-corrected chi connectivity index (χ3v) is 7.99. The van der Waals surface area contributed by atoms with Gasteiger partial charge in [0.15, 0.2) is 0 Å². The summed E-state index contributed by atoms with van der Waals surface area (Å²) in [7, 11) is -3.74. The first-order valence-electron chi connectivity index (χ1n) is 10.5. The van der Waals surface area contributed by atoms with Gasteiger partial charge in [-0.2, -0.15) is 4.31 Å². The maximum atomic E-state index is 13.4. The van der Waals surface area contributed by atoms with Gasteiger partial charge >= 0.3 is 0 Å². The number of nitrogens with one attached hydrogen (secondary N) is 1. The van der Waals surface area contributed by atoms with Crippen molar-refractivity contribution < 1.29 is 22.7 Å². The molecule has 4 rings (SSSR count). The summed E-state index contributed by atoms with van der Waals surface area (Å²) in [4.78, 5) is 15.5. The maximum absolute atomic E-state index is 13.4. The minimum atomic E-state index is -3.74. The van der Waals surface area contributed by atoms with Crippen LogP contribution in [0.15, 0.2) is 41.3 Å². The molecule has 2 aromatic rings. The highest BCUT2D eigenvalue weighted by atomic mass is 35.5. The molecular weight excluding hydrogens is 454 g/mol. The second kappa shape index (κ2) is 9.76. The molecule has 1 N–H and O–H groups in total. The fourth-order valence-electron chi connectivity index (χ4n) is 3.81. The molecule has 2 heterocycles. The van der Waals surface area contributed by atoms with Crippen LogP contribution < -0.4 is 10.2 Å². The summed E-state index contributed by atoms with van der Waals surface area (Å²) in [5, 5.41) is 3.44. The molecule has 0 radical (unpaired) electrons. The number of benzene rings is 2. The number of ether oxygens (including phenoxy) is 2. The largest absolute Gasteiger partial charge is 0.379 e. The Morgan fingerprint density at radius 3 is 2.34 bits per heavy atom. The second-order valence-electron chi connectivity index (χ2n) is 7.66. The van der Waals surface area contributed by atoms with E-state index in [1.807, 2.05) is 11.8 Å². The van der Waals surface area contributed by atoms with Crippen molar-refractivity contribution in [1.29, 1.82) is 0 Å². The number of amides is 1. The second-order valence-corrected chi connectivity index (χ2v) is 10.0. The number of carbonyl (C=O) groups is 1. The van der Waals surface area contributed by atoms with Gasteiger partial charge in [-0.25, -0.2) is 8.42 Å². The van der Waals surface area contributed by atoms with Crippen LogP contribution in [0.5, 0.6) is 0 Å². The molecule has 2 aromatic carbocycles. The van der Waals surface area contributed by atoms with Crippen LogP contribution >= 0.6 is 11.6 Å². The normalized spacial score (nSPS) is 17.9. The van der Waals surface area contributed by atoms with Gasteiger partial charge in [-0.1, -0.05) is 17.7 Å². The van der Waals surface area contributed by atoms with Crippen molar-refractivity contribution in [2.24, 2.45) is 0 Å². The molecule has 2 aliphatic heterocycles. The molecular formula is C22H26ClN3O5S. The van der Waals surface area contributed by atoms with Crippen molar-refractivity contribution >= 4 is 38.9 Å². The highest BCUT2D eigenvalue weighted by Gasteiger charge is 2.29. The number of hydrogen-bond donors (Lipinski definition) is 1. The predicted octanol–water partition coefficient (Wildman–Crippen LogP) is 2.76. The zero-order valence-electron chi connectivity index (χ0n) is 17.8. The van der Waals surface area contributed by atoms with E-state index in [0.29, 0.717) is 61.5 Å². The highest BCUT2D eigenvalue weighted by Crippen LogP contribution is 2.29. The van der Waals surface area contributed by atoms with E-state index in [-0.39, 0.29) is 18.0 Å². The van der Waals surface area contributed by atoms with E-state index in [1.165, 1.54) is 10.4 Å². The minimum Gasteiger partial charge on any atom is -0.379 e. The molecule has 1 amide bonds. The van der Waals surface area contributed by atoms with Crippen LogP contribution in [0.4, 0.5) is 11.4 Å². The number of hydrogen-bond acceptors (Lipinski definition) is 6. The standard InChI is InChI=1S/C22H26ClN3O5S/c1-16-19(23)3-2-4-20(16)24-22(27)18-15-17(32(28,29)26-9-13-31-14-10-26)5-6-21(18)25-7-11-30-12-8-25/h2-6,15H,7-14H2,1H3,(H,24,27). The number of carbonyl (C=O) groups excluding carboxylic acids is 1. The zero-order valence-corrected chi connectivity index (χ0v) is 19.4. The van der Waals surface area contributed by atoms with Crippen molar-refractivity contribution in [1.82, 2.24) is 4.31 Å². The molecule has 2 aliphatic rings. The summed E-state index contributed by atoms with van der Waals surface area (Å²) in [6, 6.07) is 10.0. The Morgan fingerprint density at radius 1 is 1.00 bits per heavy atom. The molecule has 0 bridgehead atoms. The predicted molar refractivity (Wildman–Crippen MR) is 123 cm³/mol. The molecule has 8 nitrogen and oxygen atoms in total. The topological polar surface area (TPSA) is 88.2 Å². The van der Waals surface area contributed by atoms with Gasteiger partial charge in [0.2, 0.25) is 10.0 Å². The third-order valence-electron chi connectivity index (χ3n) is 5.69. The Morgan fingerprint density at radius 2 is 1.66 bits per heavy atom. The molecule has 2 saturated heterocycles. The van der Waals surface area contributed by atoms with Crippen LogP contribution in [0.2, 0.25) is 5.02 Å². The average Bonchev–Trinajstić information content (AvgIpc) is 2.82. The molecule has 2 fully saturated rings. The Kier molecular flexibility index (Phi) is 7.02. The SMILES string of the molecule is Cc1c(Cl)cccc1NC(=O)c1cc(S(=O)(=O)N2CCOCC2)ccc1N1CCOCC1. The van der Waals surface area contributed by atoms with Crippen LogP contribution in [0.3, 0.4) is 0 Å². The first-order valence-corrected chi connectivity index (χ1v) is 12.3. The number of anilines is 2. The number of halogens is 1. The number of rotatable bonds is 5. The minimum absolute atomic E-state index is 0.0874. The van der Waals surface area contributed by atoms with E-state index >= 15 is 0 Å². The summed E-state index contributed by atoms with van der Waals surface area (Å²) < 4.78 is 38.5. The van der Waals surface area contributed by atoms with Crippen LogP contribution in [0.25, 0.3) is 0 Å². The summed E-state index contributed by atoms with van der Waals surface area (Å²) in [6.45, 7) is 5.43. The van der Waals surface area contributed by atoms with E-state index in [9.17, 15) is 13.2 Å². The summed E-state index contributed by atoms with van der Waals surface area (Å²) in [5.41, 5.74) is 2.29. The monoisotopic (exact) mass is 479 g/mol. The van der Waals surface area contributed by atoms with Crippen molar-refractivity contribution in [2.45, 2.75) is 11.8 Å².